The van der Waals surface area contributed by atoms with E-state index in [4.69, 9.17) is 9.47 Å². The molecule has 2 aliphatic heterocycles. The lowest BCUT2D eigenvalue weighted by atomic mass is 9.93. The molecule has 0 spiro atoms. The number of carbonyl (C=O) groups is 2. The van der Waals surface area contributed by atoms with Gasteiger partial charge in [-0.25, -0.2) is 9.59 Å². The van der Waals surface area contributed by atoms with Crippen LogP contribution in [0.1, 0.15) is 87.2 Å². The van der Waals surface area contributed by atoms with E-state index in [0.717, 1.165) is 68.1 Å². The maximum Gasteiger partial charge on any atom is 0.339 e. The van der Waals surface area contributed by atoms with Crippen LogP contribution in [0.15, 0.2) is 47.6 Å². The van der Waals surface area contributed by atoms with Gasteiger partial charge in [0.25, 0.3) is 0 Å². The summed E-state index contributed by atoms with van der Waals surface area (Å²) >= 11 is 0. The molecule has 0 saturated heterocycles. The van der Waals surface area contributed by atoms with Crippen molar-refractivity contribution in [1.29, 1.82) is 0 Å². The van der Waals surface area contributed by atoms with Gasteiger partial charge in [-0.15, -0.1) is 0 Å². The van der Waals surface area contributed by atoms with E-state index >= 15 is 0 Å². The third-order valence-corrected chi connectivity index (χ3v) is 5.49. The van der Waals surface area contributed by atoms with Gasteiger partial charge in [0.15, 0.2) is 0 Å². The van der Waals surface area contributed by atoms with Crippen molar-refractivity contribution in [2.45, 2.75) is 77.4 Å². The Kier molecular flexibility index (Phi) is 7.07. The van der Waals surface area contributed by atoms with Crippen molar-refractivity contribution in [1.82, 2.24) is 0 Å². The Labute approximate surface area is 167 Å². The first kappa shape index (κ1) is 20.4. The van der Waals surface area contributed by atoms with Gasteiger partial charge in [-0.3, -0.25) is 0 Å². The predicted octanol–water partition coefficient (Wildman–Crippen LogP) is 5.84. The van der Waals surface area contributed by atoms with Gasteiger partial charge in [0.2, 0.25) is 0 Å². The molecule has 0 bridgehead atoms. The van der Waals surface area contributed by atoms with Crippen LogP contribution < -0.4 is 0 Å². The third kappa shape index (κ3) is 4.54. The second-order valence-electron chi connectivity index (χ2n) is 7.54. The minimum Gasteiger partial charge on any atom is -0.454 e. The van der Waals surface area contributed by atoms with E-state index in [9.17, 15) is 9.59 Å². The molecule has 1 aromatic rings. The zero-order valence-electron chi connectivity index (χ0n) is 16.9. The van der Waals surface area contributed by atoms with Crippen LogP contribution in [0.2, 0.25) is 0 Å². The van der Waals surface area contributed by atoms with Crippen LogP contribution in [-0.2, 0) is 14.3 Å². The van der Waals surface area contributed by atoms with Crippen LogP contribution in [0.3, 0.4) is 0 Å². The van der Waals surface area contributed by atoms with Crippen molar-refractivity contribution >= 4 is 11.9 Å². The lowest BCUT2D eigenvalue weighted by Gasteiger charge is -2.13. The standard InChI is InChI=1S/C12H16O2.C12H14O2/c2*1-2-3-8-11-9-6-4-5-7-10(9)12(13)14-11/h5,7,11H,2-4,6,8H2,1H3;4-7,11H,2-3,8H2,1H3. The Balaban J connectivity index is 0.000000161. The number of unbranched alkanes of at least 4 members (excludes halogenated alkanes) is 2. The third-order valence-electron chi connectivity index (χ3n) is 5.49. The molecule has 150 valence electrons. The van der Waals surface area contributed by atoms with Crippen molar-refractivity contribution in [3.8, 4) is 0 Å². The topological polar surface area (TPSA) is 52.6 Å². The number of esters is 2. The molecule has 0 N–H and O–H groups in total. The average molecular weight is 383 g/mol. The first-order chi connectivity index (χ1) is 13.7. The van der Waals surface area contributed by atoms with Gasteiger partial charge in [-0.1, -0.05) is 57.0 Å². The van der Waals surface area contributed by atoms with Gasteiger partial charge >= 0.3 is 11.9 Å². The number of ether oxygens (including phenoxy) is 2. The van der Waals surface area contributed by atoms with Gasteiger partial charge in [-0.05, 0) is 50.2 Å². The lowest BCUT2D eigenvalue weighted by molar-refractivity contribution is -0.139. The normalized spacial score (nSPS) is 22.2. The largest absolute Gasteiger partial charge is 0.454 e. The predicted molar refractivity (Wildman–Crippen MR) is 109 cm³/mol. The summed E-state index contributed by atoms with van der Waals surface area (Å²) in [5.74, 6) is -0.279. The number of carbonyl (C=O) groups excluding carboxylic acids is 2. The molecule has 0 saturated carbocycles. The van der Waals surface area contributed by atoms with E-state index in [1.807, 2.05) is 30.3 Å². The number of allylic oxidation sites excluding steroid dienone is 1. The van der Waals surface area contributed by atoms with E-state index < -0.39 is 0 Å². The van der Waals surface area contributed by atoms with Gasteiger partial charge < -0.3 is 9.47 Å². The number of fused-ring (bicyclic) bond motifs is 1. The zero-order chi connectivity index (χ0) is 19.9. The molecular weight excluding hydrogens is 352 g/mol. The molecule has 28 heavy (non-hydrogen) atoms. The lowest BCUT2D eigenvalue weighted by Crippen LogP contribution is -2.11. The maximum atomic E-state index is 11.5. The molecule has 4 rings (SSSR count). The molecule has 2 atom stereocenters. The van der Waals surface area contributed by atoms with Crippen LogP contribution in [0.4, 0.5) is 0 Å². The second-order valence-corrected chi connectivity index (χ2v) is 7.54. The molecule has 0 amide bonds. The van der Waals surface area contributed by atoms with Gasteiger partial charge in [0, 0.05) is 5.56 Å². The Morgan fingerprint density at radius 2 is 1.61 bits per heavy atom. The summed E-state index contributed by atoms with van der Waals surface area (Å²) < 4.78 is 10.6. The quantitative estimate of drug-likeness (QED) is 0.580. The van der Waals surface area contributed by atoms with Crippen LogP contribution in [0, 0.1) is 0 Å². The monoisotopic (exact) mass is 382 g/mol. The van der Waals surface area contributed by atoms with Gasteiger partial charge in [0.05, 0.1) is 11.1 Å². The second kappa shape index (κ2) is 9.72. The summed E-state index contributed by atoms with van der Waals surface area (Å²) in [7, 11) is 0. The molecule has 1 aromatic carbocycles. The van der Waals surface area contributed by atoms with Crippen molar-refractivity contribution in [2.75, 3.05) is 0 Å². The van der Waals surface area contributed by atoms with Crippen molar-refractivity contribution < 1.29 is 19.1 Å². The number of hydrogen-bond donors (Lipinski definition) is 0. The fraction of sp³-hybridized carbons (Fsp3) is 0.500. The van der Waals surface area contributed by atoms with E-state index in [2.05, 4.69) is 19.9 Å². The summed E-state index contributed by atoms with van der Waals surface area (Å²) in [4.78, 5) is 22.9. The Morgan fingerprint density at radius 1 is 0.929 bits per heavy atom. The SMILES string of the molecule is CCCCC1OC(=O)C2=C1CCC=C2.CCCCC1OC(=O)c2ccccc21. The van der Waals surface area contributed by atoms with Crippen LogP contribution in [-0.4, -0.2) is 18.0 Å². The minimum absolute atomic E-state index is 0.00125. The highest BCUT2D eigenvalue weighted by atomic mass is 16.6. The van der Waals surface area contributed by atoms with Crippen molar-refractivity contribution in [2.24, 2.45) is 0 Å². The van der Waals surface area contributed by atoms with E-state index in [0.29, 0.717) is 0 Å². The fourth-order valence-electron chi connectivity index (χ4n) is 3.93. The number of benzene rings is 1. The smallest absolute Gasteiger partial charge is 0.339 e. The molecule has 0 radical (unpaired) electrons. The summed E-state index contributed by atoms with van der Waals surface area (Å²) in [5, 5.41) is 0. The van der Waals surface area contributed by atoms with Gasteiger partial charge in [0.1, 0.15) is 12.2 Å². The van der Waals surface area contributed by atoms with Gasteiger partial charge in [-0.2, -0.15) is 0 Å². The zero-order valence-corrected chi connectivity index (χ0v) is 16.9. The molecule has 2 heterocycles. The van der Waals surface area contributed by atoms with Crippen LogP contribution in [0.5, 0.6) is 0 Å². The van der Waals surface area contributed by atoms with E-state index in [1.54, 1.807) is 0 Å². The fourth-order valence-corrected chi connectivity index (χ4v) is 3.93. The molecule has 2 unspecified atom stereocenters. The Morgan fingerprint density at radius 3 is 2.36 bits per heavy atom. The number of cyclic esters (lactones) is 2. The Hall–Kier alpha value is -2.36. The molecular formula is C24H30O4. The highest BCUT2D eigenvalue weighted by molar-refractivity contribution is 5.95. The summed E-state index contributed by atoms with van der Waals surface area (Å²) in [5.41, 5.74) is 3.88. The minimum atomic E-state index is -0.165. The highest BCUT2D eigenvalue weighted by Gasteiger charge is 2.32. The van der Waals surface area contributed by atoms with E-state index in [1.165, 1.54) is 5.57 Å². The molecule has 4 nitrogen and oxygen atoms in total. The summed E-state index contributed by atoms with van der Waals surface area (Å²) in [6.45, 7) is 4.30. The van der Waals surface area contributed by atoms with E-state index in [-0.39, 0.29) is 24.1 Å². The van der Waals surface area contributed by atoms with Crippen LogP contribution >= 0.6 is 0 Å². The highest BCUT2D eigenvalue weighted by Crippen LogP contribution is 2.34. The summed E-state index contributed by atoms with van der Waals surface area (Å²) in [6.07, 6.45) is 12.6. The molecule has 0 fully saturated rings. The molecule has 3 aliphatic rings. The van der Waals surface area contributed by atoms with Crippen molar-refractivity contribution in [3.63, 3.8) is 0 Å². The number of hydrogen-bond acceptors (Lipinski definition) is 4. The molecule has 1 aliphatic carbocycles. The average Bonchev–Trinajstić information content (AvgIpc) is 3.23. The van der Waals surface area contributed by atoms with Crippen molar-refractivity contribution in [3.05, 3.63) is 58.7 Å². The van der Waals surface area contributed by atoms with Crippen LogP contribution in [0.25, 0.3) is 0 Å². The summed E-state index contributed by atoms with van der Waals surface area (Å²) in [6, 6.07) is 7.66. The Bertz CT molecular complexity index is 775. The molecule has 4 heteroatoms. The molecule has 0 aromatic heterocycles. The maximum absolute atomic E-state index is 11.5. The number of rotatable bonds is 6. The first-order valence-electron chi connectivity index (χ1n) is 10.6. The first-order valence-corrected chi connectivity index (χ1v) is 10.6.